The second kappa shape index (κ2) is 7.25. The van der Waals surface area contributed by atoms with Crippen molar-refractivity contribution in [3.05, 3.63) is 21.9 Å². The summed E-state index contributed by atoms with van der Waals surface area (Å²) in [4.78, 5) is 21.5. The zero-order chi connectivity index (χ0) is 17.3. The van der Waals surface area contributed by atoms with Gasteiger partial charge >= 0.3 is 6.09 Å². The second-order valence-corrected chi connectivity index (χ2v) is 9.14. The number of likely N-dealkylation sites (N-methyl/N-ethyl adjacent to an activating group) is 1. The largest absolute Gasteiger partial charge is 0.441 e. The van der Waals surface area contributed by atoms with Crippen molar-refractivity contribution in [3.8, 4) is 0 Å². The van der Waals surface area contributed by atoms with Gasteiger partial charge in [0.2, 0.25) is 0 Å². The minimum Gasteiger partial charge on any atom is -0.441 e. The number of amides is 1. The summed E-state index contributed by atoms with van der Waals surface area (Å²) in [6.07, 6.45) is 5.60. The van der Waals surface area contributed by atoms with Crippen LogP contribution in [-0.4, -0.2) is 66.2 Å². The molecule has 5 nitrogen and oxygen atoms in total. The van der Waals surface area contributed by atoms with Crippen molar-refractivity contribution in [2.24, 2.45) is 0 Å². The van der Waals surface area contributed by atoms with E-state index in [1.54, 1.807) is 4.90 Å². The van der Waals surface area contributed by atoms with Crippen LogP contribution in [0.3, 0.4) is 0 Å². The van der Waals surface area contributed by atoms with Gasteiger partial charge in [0.25, 0.3) is 0 Å². The molecule has 0 aliphatic carbocycles. The molecule has 0 N–H and O–H groups in total. The maximum absolute atomic E-state index is 11.8. The molecule has 3 aliphatic rings. The van der Waals surface area contributed by atoms with Gasteiger partial charge in [-0.25, -0.2) is 4.79 Å². The van der Waals surface area contributed by atoms with Crippen LogP contribution in [0, 0.1) is 0 Å². The van der Waals surface area contributed by atoms with Crippen LogP contribution in [-0.2, 0) is 17.8 Å². The highest BCUT2D eigenvalue weighted by Crippen LogP contribution is 2.33. The predicted octanol–water partition coefficient (Wildman–Crippen LogP) is 3.15. The molecule has 3 aliphatic heterocycles. The van der Waals surface area contributed by atoms with Gasteiger partial charge in [-0.2, -0.15) is 0 Å². The molecule has 6 heteroatoms. The fourth-order valence-electron chi connectivity index (χ4n) is 4.41. The van der Waals surface area contributed by atoms with Crippen LogP contribution >= 0.6 is 11.3 Å². The van der Waals surface area contributed by atoms with E-state index in [-0.39, 0.29) is 11.7 Å². The lowest BCUT2D eigenvalue weighted by atomic mass is 9.95. The molecule has 1 amide bonds. The molecule has 3 saturated heterocycles. The molecule has 4 rings (SSSR count). The van der Waals surface area contributed by atoms with Crippen molar-refractivity contribution < 1.29 is 9.53 Å². The highest BCUT2D eigenvalue weighted by Gasteiger charge is 2.44. The number of hydrogen-bond acceptors (Lipinski definition) is 5. The smallest absolute Gasteiger partial charge is 0.410 e. The van der Waals surface area contributed by atoms with Crippen LogP contribution in [0.2, 0.25) is 0 Å². The monoisotopic (exact) mass is 363 g/mol. The Morgan fingerprint density at radius 3 is 2.28 bits per heavy atom. The highest BCUT2D eigenvalue weighted by atomic mass is 32.1. The van der Waals surface area contributed by atoms with Crippen LogP contribution in [0.15, 0.2) is 12.1 Å². The fourth-order valence-corrected chi connectivity index (χ4v) is 5.51. The van der Waals surface area contributed by atoms with Crippen molar-refractivity contribution in [1.82, 2.24) is 14.7 Å². The average Bonchev–Trinajstić information content (AvgIpc) is 3.26. The van der Waals surface area contributed by atoms with Gasteiger partial charge in [-0.05, 0) is 57.5 Å². The predicted molar refractivity (Wildman–Crippen MR) is 99.8 cm³/mol. The van der Waals surface area contributed by atoms with Gasteiger partial charge in [-0.15, -0.1) is 11.3 Å². The lowest BCUT2D eigenvalue weighted by molar-refractivity contribution is 0.0443. The van der Waals surface area contributed by atoms with Crippen molar-refractivity contribution in [3.63, 3.8) is 0 Å². The zero-order valence-electron chi connectivity index (χ0n) is 15.2. The third-order valence-corrected chi connectivity index (χ3v) is 6.86. The standard InChI is InChI=1S/C19H29N3O2S/c1-20-15-19(24-18(20)23)7-4-11-22(12-8-19)14-17-6-5-16(25-17)13-21-9-2-3-10-21/h5-6H,2-4,7-15H2,1H3/t19-/m1/s1. The van der Waals surface area contributed by atoms with Crippen LogP contribution in [0.4, 0.5) is 4.79 Å². The molecule has 25 heavy (non-hydrogen) atoms. The third-order valence-electron chi connectivity index (χ3n) is 5.81. The summed E-state index contributed by atoms with van der Waals surface area (Å²) in [5, 5.41) is 0. The molecule has 1 aromatic rings. The number of rotatable bonds is 4. The summed E-state index contributed by atoms with van der Waals surface area (Å²) in [5.41, 5.74) is -0.239. The van der Waals surface area contributed by atoms with E-state index in [0.29, 0.717) is 0 Å². The lowest BCUT2D eigenvalue weighted by Gasteiger charge is -2.25. The SMILES string of the molecule is CN1C[C@]2(CCCN(Cc3ccc(CN4CCCC4)s3)CC2)OC1=O. The number of likely N-dealkylation sites (tertiary alicyclic amines) is 2. The molecule has 0 unspecified atom stereocenters. The first-order valence-electron chi connectivity index (χ1n) is 9.58. The molecular weight excluding hydrogens is 334 g/mol. The van der Waals surface area contributed by atoms with Crippen LogP contribution in [0.25, 0.3) is 0 Å². The van der Waals surface area contributed by atoms with E-state index in [1.807, 2.05) is 18.4 Å². The summed E-state index contributed by atoms with van der Waals surface area (Å²) >= 11 is 1.97. The molecular formula is C19H29N3O2S. The molecule has 0 bridgehead atoms. The molecule has 0 saturated carbocycles. The maximum atomic E-state index is 11.8. The molecule has 1 atom stereocenters. The van der Waals surface area contributed by atoms with E-state index < -0.39 is 0 Å². The quantitative estimate of drug-likeness (QED) is 0.823. The molecule has 138 valence electrons. The maximum Gasteiger partial charge on any atom is 0.410 e. The van der Waals surface area contributed by atoms with E-state index in [4.69, 9.17) is 4.74 Å². The highest BCUT2D eigenvalue weighted by molar-refractivity contribution is 7.11. The second-order valence-electron chi connectivity index (χ2n) is 7.89. The first-order chi connectivity index (χ1) is 12.1. The van der Waals surface area contributed by atoms with Gasteiger partial charge in [0, 0.05) is 42.9 Å². The normalized spacial score (nSPS) is 28.7. The minimum atomic E-state index is -0.239. The van der Waals surface area contributed by atoms with Crippen molar-refractivity contribution in [1.29, 1.82) is 0 Å². The van der Waals surface area contributed by atoms with Crippen molar-refractivity contribution in [2.45, 2.75) is 50.8 Å². The molecule has 3 fully saturated rings. The number of nitrogens with zero attached hydrogens (tertiary/aromatic N) is 3. The molecule has 1 aromatic heterocycles. The number of thiophene rings is 1. The number of carbonyl (C=O) groups excluding carboxylic acids is 1. The zero-order valence-corrected chi connectivity index (χ0v) is 16.0. The Hall–Kier alpha value is -1.11. The van der Waals surface area contributed by atoms with E-state index in [0.717, 1.165) is 52.0 Å². The van der Waals surface area contributed by atoms with E-state index in [1.165, 1.54) is 35.7 Å². The van der Waals surface area contributed by atoms with Crippen LogP contribution < -0.4 is 0 Å². The summed E-state index contributed by atoms with van der Waals surface area (Å²) < 4.78 is 5.72. The van der Waals surface area contributed by atoms with Gasteiger partial charge < -0.3 is 9.64 Å². The molecule has 0 aromatic carbocycles. The number of carbonyl (C=O) groups is 1. The summed E-state index contributed by atoms with van der Waals surface area (Å²) in [6, 6.07) is 4.62. The Labute approximate surface area is 154 Å². The van der Waals surface area contributed by atoms with Gasteiger partial charge in [-0.3, -0.25) is 9.80 Å². The number of ether oxygens (including phenoxy) is 1. The Bertz CT molecular complexity index is 614. The fraction of sp³-hybridized carbons (Fsp3) is 0.737. The average molecular weight is 364 g/mol. The van der Waals surface area contributed by atoms with E-state index in [2.05, 4.69) is 21.9 Å². The topological polar surface area (TPSA) is 36.0 Å². The lowest BCUT2D eigenvalue weighted by Crippen LogP contribution is -2.35. The molecule has 1 spiro atoms. The Kier molecular flexibility index (Phi) is 5.02. The summed E-state index contributed by atoms with van der Waals surface area (Å²) in [5.74, 6) is 0. The van der Waals surface area contributed by atoms with Gasteiger partial charge in [0.1, 0.15) is 5.60 Å². The summed E-state index contributed by atoms with van der Waals surface area (Å²) in [7, 11) is 1.84. The number of hydrogen-bond donors (Lipinski definition) is 0. The van der Waals surface area contributed by atoms with Gasteiger partial charge in [-0.1, -0.05) is 0 Å². The van der Waals surface area contributed by atoms with Crippen molar-refractivity contribution >= 4 is 17.4 Å². The Balaban J connectivity index is 1.31. The molecule has 0 radical (unpaired) electrons. The van der Waals surface area contributed by atoms with Gasteiger partial charge in [0.05, 0.1) is 6.54 Å². The first-order valence-corrected chi connectivity index (χ1v) is 10.4. The Morgan fingerprint density at radius 1 is 1.00 bits per heavy atom. The van der Waals surface area contributed by atoms with Crippen molar-refractivity contribution in [2.75, 3.05) is 39.8 Å². The van der Waals surface area contributed by atoms with Crippen LogP contribution in [0.5, 0.6) is 0 Å². The minimum absolute atomic E-state index is 0.154. The van der Waals surface area contributed by atoms with E-state index in [9.17, 15) is 4.79 Å². The Morgan fingerprint density at radius 2 is 1.64 bits per heavy atom. The molecule has 4 heterocycles. The first kappa shape index (κ1) is 17.3. The van der Waals surface area contributed by atoms with E-state index >= 15 is 0 Å². The third kappa shape index (κ3) is 4.01. The van der Waals surface area contributed by atoms with Gasteiger partial charge in [0.15, 0.2) is 0 Å². The van der Waals surface area contributed by atoms with Crippen LogP contribution in [0.1, 0.15) is 41.9 Å². The summed E-state index contributed by atoms with van der Waals surface area (Å²) in [6.45, 7) is 7.53.